The molecule has 0 aliphatic carbocycles. The van der Waals surface area contributed by atoms with Crippen molar-refractivity contribution in [2.45, 2.75) is 37.9 Å². The van der Waals surface area contributed by atoms with Crippen LogP contribution in [0.2, 0.25) is 0 Å². The zero-order valence-electron chi connectivity index (χ0n) is 15.5. The average molecular weight is 423 g/mol. The van der Waals surface area contributed by atoms with Crippen molar-refractivity contribution in [3.8, 4) is 0 Å². The maximum atomic E-state index is 14.4. The summed E-state index contributed by atoms with van der Waals surface area (Å²) in [4.78, 5) is 5.13. The summed E-state index contributed by atoms with van der Waals surface area (Å²) in [7, 11) is -3.80. The number of aromatic nitrogens is 1. The minimum atomic E-state index is -3.80. The molecular formula is C18H18FN3O6S. The first-order chi connectivity index (χ1) is 13.6. The molecule has 0 radical (unpaired) electrons. The summed E-state index contributed by atoms with van der Waals surface area (Å²) in [5, 5.41) is 20.4. The molecule has 3 aromatic rings. The first-order valence-electron chi connectivity index (χ1n) is 8.68. The minimum Gasteiger partial charge on any atom is -0.465 e. The fraction of sp³-hybridized carbons (Fsp3) is 0.333. The Balaban J connectivity index is 1.63. The summed E-state index contributed by atoms with van der Waals surface area (Å²) in [6, 6.07) is 5.50. The van der Waals surface area contributed by atoms with Gasteiger partial charge >= 0.3 is 0 Å². The van der Waals surface area contributed by atoms with Crippen LogP contribution in [0.4, 0.5) is 10.1 Å². The molecule has 3 heterocycles. The number of rotatable bonds is 5. The van der Waals surface area contributed by atoms with Gasteiger partial charge in [-0.05, 0) is 32.0 Å². The van der Waals surface area contributed by atoms with Gasteiger partial charge < -0.3 is 24.2 Å². The highest BCUT2D eigenvalue weighted by atomic mass is 32.2. The molecule has 0 saturated carbocycles. The van der Waals surface area contributed by atoms with Crippen molar-refractivity contribution in [3.05, 3.63) is 47.8 Å². The quantitative estimate of drug-likeness (QED) is 0.600. The van der Waals surface area contributed by atoms with Gasteiger partial charge in [0.15, 0.2) is 22.6 Å². The van der Waals surface area contributed by atoms with E-state index in [1.807, 2.05) is 0 Å². The molecule has 1 aliphatic rings. The van der Waals surface area contributed by atoms with E-state index < -0.39 is 33.2 Å². The van der Waals surface area contributed by atoms with Crippen molar-refractivity contribution in [1.29, 1.82) is 0 Å². The first-order valence-corrected chi connectivity index (χ1v) is 10.3. The molecule has 11 heteroatoms. The van der Waals surface area contributed by atoms with Gasteiger partial charge in [0.25, 0.3) is 0 Å². The van der Waals surface area contributed by atoms with Crippen LogP contribution in [0, 0.1) is 5.82 Å². The predicted molar refractivity (Wildman–Crippen MR) is 101 cm³/mol. The number of aliphatic hydroxyl groups excluding tert-OH is 1. The number of hydrogen-bond donors (Lipinski definition) is 2. The van der Waals surface area contributed by atoms with E-state index in [4.69, 9.17) is 13.8 Å². The molecule has 154 valence electrons. The van der Waals surface area contributed by atoms with Crippen LogP contribution in [0.3, 0.4) is 0 Å². The Bertz CT molecular complexity index is 1180. The number of oxime groups is 1. The van der Waals surface area contributed by atoms with Gasteiger partial charge in [0.05, 0.1) is 12.0 Å². The summed E-state index contributed by atoms with van der Waals surface area (Å²) in [6.07, 6.45) is 0.220. The smallest absolute Gasteiger partial charge is 0.200 e. The van der Waals surface area contributed by atoms with Gasteiger partial charge in [-0.15, -0.1) is 0 Å². The van der Waals surface area contributed by atoms with Crippen LogP contribution in [0.25, 0.3) is 11.0 Å². The van der Waals surface area contributed by atoms with Crippen molar-refractivity contribution < 1.29 is 31.7 Å². The Kier molecular flexibility index (Phi) is 4.58. The second-order valence-electron chi connectivity index (χ2n) is 7.29. The number of nitrogens with zero attached hydrogens (tertiary/aromatic N) is 2. The van der Waals surface area contributed by atoms with Crippen LogP contribution in [-0.4, -0.2) is 29.3 Å². The monoisotopic (exact) mass is 423 g/mol. The Hall–Kier alpha value is -2.92. The number of fused-ring (bicyclic) bond motifs is 1. The first kappa shape index (κ1) is 19.4. The molecule has 9 nitrogen and oxygen atoms in total. The van der Waals surface area contributed by atoms with E-state index >= 15 is 0 Å². The highest BCUT2D eigenvalue weighted by Gasteiger charge is 2.36. The van der Waals surface area contributed by atoms with Gasteiger partial charge in [0.2, 0.25) is 9.84 Å². The summed E-state index contributed by atoms with van der Waals surface area (Å²) >= 11 is 0. The van der Waals surface area contributed by atoms with E-state index in [0.717, 1.165) is 6.07 Å². The van der Waals surface area contributed by atoms with Crippen LogP contribution in [0.1, 0.15) is 38.0 Å². The summed E-state index contributed by atoms with van der Waals surface area (Å²) < 4.78 is 49.9. The van der Waals surface area contributed by atoms with E-state index in [2.05, 4.69) is 15.6 Å². The second-order valence-corrected chi connectivity index (χ2v) is 9.28. The lowest BCUT2D eigenvalue weighted by Gasteiger charge is -2.13. The predicted octanol–water partition coefficient (Wildman–Crippen LogP) is 3.09. The van der Waals surface area contributed by atoms with Crippen LogP contribution in [0.5, 0.6) is 0 Å². The van der Waals surface area contributed by atoms with E-state index in [0.29, 0.717) is 5.39 Å². The molecule has 0 spiro atoms. The number of furan rings is 1. The van der Waals surface area contributed by atoms with E-state index in [9.17, 15) is 17.9 Å². The lowest BCUT2D eigenvalue weighted by molar-refractivity contribution is 0.0123. The fourth-order valence-corrected chi connectivity index (χ4v) is 4.38. The number of aliphatic hydroxyl groups is 1. The zero-order valence-corrected chi connectivity index (χ0v) is 16.4. The molecule has 0 bridgehead atoms. The van der Waals surface area contributed by atoms with Crippen molar-refractivity contribution in [3.63, 3.8) is 0 Å². The van der Waals surface area contributed by atoms with Crippen molar-refractivity contribution in [2.75, 3.05) is 5.32 Å². The average Bonchev–Trinajstić information content (AvgIpc) is 3.36. The Labute approximate surface area is 165 Å². The van der Waals surface area contributed by atoms with Gasteiger partial charge in [-0.3, -0.25) is 0 Å². The van der Waals surface area contributed by atoms with Gasteiger partial charge in [0.1, 0.15) is 22.9 Å². The van der Waals surface area contributed by atoms with Crippen LogP contribution < -0.4 is 5.32 Å². The Morgan fingerprint density at radius 1 is 1.38 bits per heavy atom. The van der Waals surface area contributed by atoms with Crippen molar-refractivity contribution in [1.82, 2.24) is 5.16 Å². The topological polar surface area (TPSA) is 127 Å². The van der Waals surface area contributed by atoms with E-state index in [1.54, 1.807) is 19.9 Å². The molecule has 0 fully saturated rings. The van der Waals surface area contributed by atoms with Gasteiger partial charge in [0, 0.05) is 17.9 Å². The normalized spacial score (nSPS) is 17.2. The lowest BCUT2D eigenvalue weighted by atomic mass is 10.1. The number of benzene rings is 1. The standard InChI is InChI=1S/C18H18FN3O6S/c1-18(2)8-16(22-28-18)29(24,25)9-13-10-6-12(11(19)7-15(10)27-21-13)20-17(23)14-4-3-5-26-14/h3-7,17,20,23H,8-9H2,1-2H3. The lowest BCUT2D eigenvalue weighted by Crippen LogP contribution is -2.23. The molecule has 2 N–H and O–H groups in total. The molecule has 1 atom stereocenters. The summed E-state index contributed by atoms with van der Waals surface area (Å²) in [5.74, 6) is -0.993. The van der Waals surface area contributed by atoms with Gasteiger partial charge in [-0.2, -0.15) is 0 Å². The van der Waals surface area contributed by atoms with Crippen LogP contribution in [0.15, 0.2) is 44.6 Å². The SMILES string of the molecule is CC1(C)CC(S(=O)(=O)Cc2noc3cc(F)c(NC(O)c4ccco4)cc23)=NO1. The summed E-state index contributed by atoms with van der Waals surface area (Å²) in [6.45, 7) is 3.46. The molecule has 0 amide bonds. The molecule has 1 aliphatic heterocycles. The number of hydrogen-bond acceptors (Lipinski definition) is 9. The zero-order chi connectivity index (χ0) is 20.8. The second kappa shape index (κ2) is 6.85. The minimum absolute atomic E-state index is 0.0640. The molecule has 1 unspecified atom stereocenters. The molecule has 4 rings (SSSR count). The third-order valence-electron chi connectivity index (χ3n) is 4.40. The maximum Gasteiger partial charge on any atom is 0.200 e. The highest BCUT2D eigenvalue weighted by molar-refractivity contribution is 8.05. The summed E-state index contributed by atoms with van der Waals surface area (Å²) in [5.41, 5.74) is -0.583. The largest absolute Gasteiger partial charge is 0.465 e. The Morgan fingerprint density at radius 3 is 2.83 bits per heavy atom. The fourth-order valence-electron chi connectivity index (χ4n) is 2.92. The van der Waals surface area contributed by atoms with Gasteiger partial charge in [-0.1, -0.05) is 10.3 Å². The molecule has 0 saturated heterocycles. The van der Waals surface area contributed by atoms with E-state index in [-0.39, 0.29) is 34.2 Å². The van der Waals surface area contributed by atoms with Crippen LogP contribution in [-0.2, 0) is 20.4 Å². The number of nitrogens with one attached hydrogen (secondary N) is 1. The third-order valence-corrected chi connectivity index (χ3v) is 5.99. The van der Waals surface area contributed by atoms with Crippen LogP contribution >= 0.6 is 0 Å². The third kappa shape index (κ3) is 3.83. The molecule has 29 heavy (non-hydrogen) atoms. The van der Waals surface area contributed by atoms with Crippen molar-refractivity contribution in [2.24, 2.45) is 5.16 Å². The highest BCUT2D eigenvalue weighted by Crippen LogP contribution is 2.31. The Morgan fingerprint density at radius 2 is 2.17 bits per heavy atom. The van der Waals surface area contributed by atoms with Crippen molar-refractivity contribution >= 4 is 31.5 Å². The maximum absolute atomic E-state index is 14.4. The molecule has 2 aromatic heterocycles. The van der Waals surface area contributed by atoms with Gasteiger partial charge in [-0.25, -0.2) is 12.8 Å². The molecule has 1 aromatic carbocycles. The number of anilines is 1. The van der Waals surface area contributed by atoms with E-state index in [1.165, 1.54) is 18.4 Å². The number of halogens is 1. The number of sulfone groups is 1. The molecular weight excluding hydrogens is 405 g/mol.